The highest BCUT2D eigenvalue weighted by Gasteiger charge is 2.58. The molecular weight excluding hydrogens is 502 g/mol. The van der Waals surface area contributed by atoms with E-state index in [1.54, 1.807) is 4.90 Å². The molecule has 7 nitrogen and oxygen atoms in total. The SMILES string of the molecule is CCOc1cc(N[C@H]2[C@H](C(C)(C)C)[C@@H](C(=O)O)N(C(=O)C3CCCCC3)[C@H]2c2ccccc2)nc2ccccc12. The molecular formula is C33H41N3O4. The van der Waals surface area contributed by atoms with Gasteiger partial charge >= 0.3 is 5.97 Å². The van der Waals surface area contributed by atoms with E-state index in [9.17, 15) is 14.7 Å². The van der Waals surface area contributed by atoms with Crippen molar-refractivity contribution < 1.29 is 19.4 Å². The van der Waals surface area contributed by atoms with E-state index in [1.807, 2.05) is 67.6 Å². The summed E-state index contributed by atoms with van der Waals surface area (Å²) in [6, 6.07) is 17.8. The highest BCUT2D eigenvalue weighted by molar-refractivity contribution is 5.88. The summed E-state index contributed by atoms with van der Waals surface area (Å²) >= 11 is 0. The number of carbonyl (C=O) groups excluding carboxylic acids is 1. The summed E-state index contributed by atoms with van der Waals surface area (Å²) in [6.07, 6.45) is 4.75. The van der Waals surface area contributed by atoms with Crippen molar-refractivity contribution in [3.8, 4) is 5.75 Å². The zero-order valence-corrected chi connectivity index (χ0v) is 24.0. The quantitative estimate of drug-likeness (QED) is 0.345. The molecule has 2 fully saturated rings. The number of aromatic nitrogens is 1. The second kappa shape index (κ2) is 11.5. The highest BCUT2D eigenvalue weighted by atomic mass is 16.5. The van der Waals surface area contributed by atoms with Crippen molar-refractivity contribution in [1.82, 2.24) is 9.88 Å². The Labute approximate surface area is 236 Å². The molecule has 2 heterocycles. The number of nitrogens with one attached hydrogen (secondary N) is 1. The number of pyridine rings is 1. The van der Waals surface area contributed by atoms with Gasteiger partial charge in [-0.15, -0.1) is 0 Å². The smallest absolute Gasteiger partial charge is 0.326 e. The summed E-state index contributed by atoms with van der Waals surface area (Å²) in [5.74, 6) is -0.201. The van der Waals surface area contributed by atoms with Crippen molar-refractivity contribution in [3.05, 3.63) is 66.2 Å². The number of ether oxygens (including phenoxy) is 1. The van der Waals surface area contributed by atoms with Gasteiger partial charge in [-0.05, 0) is 42.9 Å². The van der Waals surface area contributed by atoms with Crippen LogP contribution in [0.4, 0.5) is 5.82 Å². The van der Waals surface area contributed by atoms with Crippen LogP contribution in [0.5, 0.6) is 5.75 Å². The van der Waals surface area contributed by atoms with Crippen LogP contribution < -0.4 is 10.1 Å². The minimum absolute atomic E-state index is 0.0408. The number of carboxylic acids is 1. The lowest BCUT2D eigenvalue weighted by atomic mass is 9.72. The average molecular weight is 544 g/mol. The van der Waals surface area contributed by atoms with Crippen LogP contribution in [0.1, 0.15) is 71.4 Å². The number of amides is 1. The van der Waals surface area contributed by atoms with E-state index in [0.29, 0.717) is 12.4 Å². The summed E-state index contributed by atoms with van der Waals surface area (Å²) in [5.41, 5.74) is 1.30. The zero-order valence-electron chi connectivity index (χ0n) is 24.0. The fraction of sp³-hybridized carbons (Fsp3) is 0.485. The number of carbonyl (C=O) groups is 2. The van der Waals surface area contributed by atoms with Gasteiger partial charge in [-0.1, -0.05) is 82.5 Å². The summed E-state index contributed by atoms with van der Waals surface area (Å²) in [7, 11) is 0. The first kappa shape index (κ1) is 27.9. The Balaban J connectivity index is 1.66. The van der Waals surface area contributed by atoms with Crippen LogP contribution in [0, 0.1) is 17.3 Å². The van der Waals surface area contributed by atoms with Gasteiger partial charge in [0.25, 0.3) is 0 Å². The molecule has 7 heteroatoms. The molecule has 0 unspecified atom stereocenters. The number of carboxylic acid groups (broad SMARTS) is 1. The van der Waals surface area contributed by atoms with Crippen molar-refractivity contribution in [3.63, 3.8) is 0 Å². The van der Waals surface area contributed by atoms with Crippen LogP contribution >= 0.6 is 0 Å². The fourth-order valence-corrected chi connectivity index (χ4v) is 6.88. The molecule has 4 atom stereocenters. The normalized spacial score (nSPS) is 23.8. The lowest BCUT2D eigenvalue weighted by Crippen LogP contribution is -2.49. The molecule has 212 valence electrons. The van der Waals surface area contributed by atoms with Crippen molar-refractivity contribution in [2.75, 3.05) is 11.9 Å². The topological polar surface area (TPSA) is 91.8 Å². The lowest BCUT2D eigenvalue weighted by Gasteiger charge is -2.36. The molecule has 0 bridgehead atoms. The van der Waals surface area contributed by atoms with Gasteiger partial charge in [0.15, 0.2) is 0 Å². The molecule has 1 aromatic heterocycles. The van der Waals surface area contributed by atoms with Crippen LogP contribution in [-0.2, 0) is 9.59 Å². The van der Waals surface area contributed by atoms with Gasteiger partial charge in [0.2, 0.25) is 5.91 Å². The van der Waals surface area contributed by atoms with Crippen LogP contribution in [-0.4, -0.2) is 45.6 Å². The number of hydrogen-bond acceptors (Lipinski definition) is 5. The minimum Gasteiger partial charge on any atom is -0.493 e. The van der Waals surface area contributed by atoms with Gasteiger partial charge in [-0.25, -0.2) is 9.78 Å². The fourth-order valence-electron chi connectivity index (χ4n) is 6.88. The Morgan fingerprint density at radius 2 is 1.70 bits per heavy atom. The number of para-hydroxylation sites is 1. The van der Waals surface area contributed by atoms with Crippen molar-refractivity contribution >= 4 is 28.6 Å². The Bertz CT molecular complexity index is 1350. The van der Waals surface area contributed by atoms with Crippen molar-refractivity contribution in [2.24, 2.45) is 17.3 Å². The van der Waals surface area contributed by atoms with Gasteiger partial charge in [0, 0.05) is 23.3 Å². The van der Waals surface area contributed by atoms with Crippen LogP contribution in [0.2, 0.25) is 0 Å². The predicted molar refractivity (Wildman–Crippen MR) is 157 cm³/mol. The van der Waals surface area contributed by atoms with Gasteiger partial charge in [0.05, 0.1) is 24.2 Å². The monoisotopic (exact) mass is 543 g/mol. The number of anilines is 1. The van der Waals surface area contributed by atoms with Crippen molar-refractivity contribution in [1.29, 1.82) is 0 Å². The number of rotatable bonds is 7. The summed E-state index contributed by atoms with van der Waals surface area (Å²) in [4.78, 5) is 34.0. The van der Waals surface area contributed by atoms with Crippen molar-refractivity contribution in [2.45, 2.75) is 77.9 Å². The summed E-state index contributed by atoms with van der Waals surface area (Å²) in [6.45, 7) is 8.67. The van der Waals surface area contributed by atoms with Crippen LogP contribution in [0.15, 0.2) is 60.7 Å². The molecule has 1 amide bonds. The summed E-state index contributed by atoms with van der Waals surface area (Å²) < 4.78 is 5.99. The molecule has 1 saturated carbocycles. The van der Waals surface area contributed by atoms with E-state index < -0.39 is 23.5 Å². The maximum absolute atomic E-state index is 14.3. The molecule has 5 rings (SSSR count). The average Bonchev–Trinajstić information content (AvgIpc) is 3.29. The molecule has 1 saturated heterocycles. The highest BCUT2D eigenvalue weighted by Crippen LogP contribution is 2.50. The van der Waals surface area contributed by atoms with E-state index in [2.05, 4.69) is 26.1 Å². The second-order valence-corrected chi connectivity index (χ2v) is 12.2. The first-order valence-electron chi connectivity index (χ1n) is 14.6. The number of nitrogens with zero attached hydrogens (tertiary/aromatic N) is 2. The Kier molecular flexibility index (Phi) is 8.02. The lowest BCUT2D eigenvalue weighted by molar-refractivity contribution is -0.154. The summed E-state index contributed by atoms with van der Waals surface area (Å²) in [5, 5.41) is 15.3. The second-order valence-electron chi connectivity index (χ2n) is 12.2. The standard InChI is InChI=1S/C33H41N3O4/c1-5-40-25-20-26(34-24-19-13-12-18-23(24)25)35-28-27(33(2,3)4)30(32(38)39)36(29(28)21-14-8-6-9-15-21)31(37)22-16-10-7-11-17-22/h6,8-9,12-15,18-20,22,27-30H,5,7,10-11,16-17H2,1-4H3,(H,34,35)(H,38,39)/t27-,28-,29-,30-/m0/s1. The minimum atomic E-state index is -0.969. The first-order chi connectivity index (χ1) is 19.2. The van der Waals surface area contributed by atoms with E-state index in [0.717, 1.165) is 54.3 Å². The van der Waals surface area contributed by atoms with E-state index in [-0.39, 0.29) is 23.8 Å². The largest absolute Gasteiger partial charge is 0.493 e. The predicted octanol–water partition coefficient (Wildman–Crippen LogP) is 6.69. The molecule has 3 aromatic rings. The molecule has 1 aliphatic carbocycles. The van der Waals surface area contributed by atoms with Gasteiger partial charge < -0.3 is 20.1 Å². The maximum Gasteiger partial charge on any atom is 0.326 e. The third-order valence-corrected chi connectivity index (χ3v) is 8.56. The Morgan fingerprint density at radius 3 is 2.35 bits per heavy atom. The van der Waals surface area contributed by atoms with E-state index in [4.69, 9.17) is 9.72 Å². The number of fused-ring (bicyclic) bond motifs is 1. The molecule has 0 radical (unpaired) electrons. The number of aliphatic carboxylic acids is 1. The molecule has 0 spiro atoms. The van der Waals surface area contributed by atoms with Crippen LogP contribution in [0.3, 0.4) is 0 Å². The van der Waals surface area contributed by atoms with E-state index >= 15 is 0 Å². The van der Waals surface area contributed by atoms with Gasteiger partial charge in [-0.3, -0.25) is 4.79 Å². The van der Waals surface area contributed by atoms with Gasteiger partial charge in [-0.2, -0.15) is 0 Å². The van der Waals surface area contributed by atoms with Crippen LogP contribution in [0.25, 0.3) is 10.9 Å². The van der Waals surface area contributed by atoms with Gasteiger partial charge in [0.1, 0.15) is 17.6 Å². The number of hydrogen-bond donors (Lipinski definition) is 2. The Morgan fingerprint density at radius 1 is 1.02 bits per heavy atom. The third kappa shape index (κ3) is 5.38. The molecule has 2 N–H and O–H groups in total. The first-order valence-corrected chi connectivity index (χ1v) is 14.6. The molecule has 2 aliphatic rings. The van der Waals surface area contributed by atoms with E-state index in [1.165, 1.54) is 0 Å². The Hall–Kier alpha value is -3.61. The maximum atomic E-state index is 14.3. The molecule has 2 aromatic carbocycles. The zero-order chi connectivity index (χ0) is 28.4. The molecule has 1 aliphatic heterocycles. The number of likely N-dealkylation sites (tertiary alicyclic amines) is 1. The third-order valence-electron chi connectivity index (χ3n) is 8.56. The number of benzene rings is 2. The molecule has 40 heavy (non-hydrogen) atoms.